The Hall–Kier alpha value is -2.21. The number of fused-ring (bicyclic) bond motifs is 5. The van der Waals surface area contributed by atoms with Gasteiger partial charge in [0.15, 0.2) is 11.6 Å². The van der Waals surface area contributed by atoms with Gasteiger partial charge in [-0.3, -0.25) is 10.00 Å². The number of aromatic nitrogens is 5. The molecule has 4 heterocycles. The fourth-order valence-electron chi connectivity index (χ4n) is 8.20. The Labute approximate surface area is 196 Å². The summed E-state index contributed by atoms with van der Waals surface area (Å²) in [5.41, 5.74) is 2.30. The van der Waals surface area contributed by atoms with Crippen molar-refractivity contribution in [2.75, 3.05) is 0 Å². The molecule has 2 aliphatic heterocycles. The molecule has 0 amide bonds. The number of aromatic amines is 1. The van der Waals surface area contributed by atoms with Crippen molar-refractivity contribution in [1.29, 1.82) is 0 Å². The van der Waals surface area contributed by atoms with E-state index < -0.39 is 0 Å². The van der Waals surface area contributed by atoms with Gasteiger partial charge in [-0.25, -0.2) is 9.97 Å². The standard InChI is InChI=1S/C27H36N6/c1-2-7-19-12-18(6-1)13-22(14-19)32-20-8-5-9-21(32)16-23(15-20)33-25-11-4-3-10-24(25)30-27(33)26-28-17-29-31-26/h3-4,10-11,17-23H,1-2,5-9,12-16H2,(H,28,29,31). The molecule has 0 radical (unpaired) electrons. The third-order valence-corrected chi connectivity index (χ3v) is 9.37. The van der Waals surface area contributed by atoms with Crippen LogP contribution in [-0.4, -0.2) is 47.8 Å². The highest BCUT2D eigenvalue weighted by atomic mass is 15.3. The summed E-state index contributed by atoms with van der Waals surface area (Å²) in [5.74, 6) is 3.72. The number of para-hydroxylation sites is 2. The lowest BCUT2D eigenvalue weighted by Gasteiger charge is -2.54. The maximum absolute atomic E-state index is 5.00. The Morgan fingerprint density at radius 1 is 0.758 bits per heavy atom. The molecule has 2 saturated carbocycles. The molecule has 4 unspecified atom stereocenters. The fourth-order valence-corrected chi connectivity index (χ4v) is 8.20. The summed E-state index contributed by atoms with van der Waals surface area (Å²) in [5, 5.41) is 7.20. The van der Waals surface area contributed by atoms with Gasteiger partial charge in [-0.15, -0.1) is 0 Å². The van der Waals surface area contributed by atoms with Gasteiger partial charge in [-0.1, -0.05) is 44.2 Å². The van der Waals surface area contributed by atoms with Crippen molar-refractivity contribution in [3.8, 4) is 11.6 Å². The molecule has 2 aromatic heterocycles. The third-order valence-electron chi connectivity index (χ3n) is 9.37. The quantitative estimate of drug-likeness (QED) is 0.560. The Morgan fingerprint density at radius 3 is 2.24 bits per heavy atom. The van der Waals surface area contributed by atoms with Gasteiger partial charge in [0.25, 0.3) is 0 Å². The first-order valence-corrected chi connectivity index (χ1v) is 13.4. The second-order valence-corrected chi connectivity index (χ2v) is 11.3. The van der Waals surface area contributed by atoms with E-state index in [1.54, 1.807) is 6.33 Å². The summed E-state index contributed by atoms with van der Waals surface area (Å²) in [6.45, 7) is 0. The molecule has 2 saturated heterocycles. The highest BCUT2D eigenvalue weighted by Crippen LogP contribution is 2.47. The molecule has 4 bridgehead atoms. The van der Waals surface area contributed by atoms with Crippen LogP contribution in [0.5, 0.6) is 0 Å². The number of hydrogen-bond acceptors (Lipinski definition) is 4. The van der Waals surface area contributed by atoms with Gasteiger partial charge >= 0.3 is 0 Å². The Balaban J connectivity index is 1.22. The molecule has 4 aliphatic rings. The molecule has 1 aromatic carbocycles. The van der Waals surface area contributed by atoms with Crippen LogP contribution >= 0.6 is 0 Å². The van der Waals surface area contributed by atoms with Crippen molar-refractivity contribution in [2.45, 2.75) is 101 Å². The van der Waals surface area contributed by atoms with E-state index in [9.17, 15) is 0 Å². The van der Waals surface area contributed by atoms with E-state index in [4.69, 9.17) is 4.98 Å². The summed E-state index contributed by atoms with van der Waals surface area (Å²) < 4.78 is 2.50. The third kappa shape index (κ3) is 3.52. The van der Waals surface area contributed by atoms with Crippen LogP contribution in [0.15, 0.2) is 30.6 Å². The van der Waals surface area contributed by atoms with Crippen LogP contribution in [0.25, 0.3) is 22.7 Å². The van der Waals surface area contributed by atoms with E-state index >= 15 is 0 Å². The minimum absolute atomic E-state index is 0.481. The van der Waals surface area contributed by atoms with Crippen molar-refractivity contribution >= 4 is 11.0 Å². The maximum atomic E-state index is 5.00. The predicted octanol–water partition coefficient (Wildman–Crippen LogP) is 5.74. The molecule has 0 spiro atoms. The molecule has 3 aromatic rings. The Morgan fingerprint density at radius 2 is 1.52 bits per heavy atom. The number of nitrogens with zero attached hydrogens (tertiary/aromatic N) is 5. The normalized spacial score (nSPS) is 34.9. The minimum atomic E-state index is 0.481. The number of piperidine rings is 2. The van der Waals surface area contributed by atoms with Crippen molar-refractivity contribution in [2.24, 2.45) is 11.8 Å². The van der Waals surface area contributed by atoms with E-state index in [2.05, 4.69) is 48.9 Å². The van der Waals surface area contributed by atoms with Gasteiger partial charge in [0.05, 0.1) is 11.0 Å². The minimum Gasteiger partial charge on any atom is -0.318 e. The number of hydrogen-bond donors (Lipinski definition) is 1. The molecule has 33 heavy (non-hydrogen) atoms. The van der Waals surface area contributed by atoms with Gasteiger partial charge in [-0.2, -0.15) is 5.10 Å². The summed E-state index contributed by atoms with van der Waals surface area (Å²) in [6.07, 6.45) is 18.6. The number of imidazole rings is 1. The summed E-state index contributed by atoms with van der Waals surface area (Å²) in [7, 11) is 0. The van der Waals surface area contributed by atoms with Gasteiger partial charge in [0, 0.05) is 24.2 Å². The molecular weight excluding hydrogens is 408 g/mol. The highest BCUT2D eigenvalue weighted by Gasteiger charge is 2.45. The molecule has 7 rings (SSSR count). The van der Waals surface area contributed by atoms with Crippen LogP contribution in [0.3, 0.4) is 0 Å². The van der Waals surface area contributed by atoms with E-state index in [0.29, 0.717) is 6.04 Å². The molecule has 4 atom stereocenters. The lowest BCUT2D eigenvalue weighted by atomic mass is 9.73. The van der Waals surface area contributed by atoms with E-state index in [1.165, 1.54) is 82.6 Å². The average molecular weight is 445 g/mol. The summed E-state index contributed by atoms with van der Waals surface area (Å²) in [4.78, 5) is 12.5. The first-order chi connectivity index (χ1) is 16.3. The fraction of sp³-hybridized carbons (Fsp3) is 0.667. The van der Waals surface area contributed by atoms with Crippen LogP contribution in [0.2, 0.25) is 0 Å². The largest absolute Gasteiger partial charge is 0.318 e. The van der Waals surface area contributed by atoms with E-state index in [1.807, 2.05) is 0 Å². The van der Waals surface area contributed by atoms with Crippen LogP contribution in [0, 0.1) is 11.8 Å². The highest BCUT2D eigenvalue weighted by molar-refractivity contribution is 5.79. The van der Waals surface area contributed by atoms with Crippen LogP contribution < -0.4 is 0 Å². The molecular formula is C27H36N6. The van der Waals surface area contributed by atoms with E-state index in [-0.39, 0.29) is 0 Å². The number of H-pyrrole nitrogens is 1. The van der Waals surface area contributed by atoms with Crippen molar-refractivity contribution in [1.82, 2.24) is 29.6 Å². The lowest BCUT2D eigenvalue weighted by molar-refractivity contribution is -0.0415. The SMILES string of the molecule is c1ccc2c(c1)nc(-c1ncn[nH]1)n2C1CC2CCCC(C1)N2C1CC2CCCCC(C2)C1. The first kappa shape index (κ1) is 20.2. The maximum Gasteiger partial charge on any atom is 0.191 e. The lowest BCUT2D eigenvalue weighted by Crippen LogP contribution is -2.58. The molecule has 174 valence electrons. The average Bonchev–Trinajstić information content (AvgIpc) is 3.45. The number of benzene rings is 1. The van der Waals surface area contributed by atoms with Crippen LogP contribution in [0.4, 0.5) is 0 Å². The van der Waals surface area contributed by atoms with Gasteiger partial charge < -0.3 is 4.57 Å². The predicted molar refractivity (Wildman–Crippen MR) is 130 cm³/mol. The topological polar surface area (TPSA) is 62.6 Å². The molecule has 6 heteroatoms. The smallest absolute Gasteiger partial charge is 0.191 e. The van der Waals surface area contributed by atoms with Crippen molar-refractivity contribution in [3.63, 3.8) is 0 Å². The van der Waals surface area contributed by atoms with Crippen LogP contribution in [0.1, 0.15) is 83.1 Å². The summed E-state index contributed by atoms with van der Waals surface area (Å²) >= 11 is 0. The zero-order valence-electron chi connectivity index (χ0n) is 19.6. The second kappa shape index (κ2) is 8.23. The molecule has 1 N–H and O–H groups in total. The first-order valence-electron chi connectivity index (χ1n) is 13.4. The zero-order chi connectivity index (χ0) is 21.8. The molecule has 2 aliphatic carbocycles. The molecule has 6 nitrogen and oxygen atoms in total. The Bertz CT molecular complexity index is 1080. The summed E-state index contributed by atoms with van der Waals surface area (Å²) in [6, 6.07) is 11.3. The van der Waals surface area contributed by atoms with Gasteiger partial charge in [-0.05, 0) is 68.9 Å². The van der Waals surface area contributed by atoms with E-state index in [0.717, 1.165) is 47.1 Å². The van der Waals surface area contributed by atoms with Crippen molar-refractivity contribution < 1.29 is 0 Å². The monoisotopic (exact) mass is 444 g/mol. The Kier molecular flexibility index (Phi) is 5.03. The van der Waals surface area contributed by atoms with Gasteiger partial charge in [0.2, 0.25) is 0 Å². The zero-order valence-corrected chi connectivity index (χ0v) is 19.6. The number of rotatable bonds is 3. The van der Waals surface area contributed by atoms with Gasteiger partial charge in [0.1, 0.15) is 6.33 Å². The number of nitrogens with one attached hydrogen (secondary N) is 1. The molecule has 4 fully saturated rings. The van der Waals surface area contributed by atoms with Crippen LogP contribution in [-0.2, 0) is 0 Å². The second-order valence-electron chi connectivity index (χ2n) is 11.3. The van der Waals surface area contributed by atoms with Crippen molar-refractivity contribution in [3.05, 3.63) is 30.6 Å².